The van der Waals surface area contributed by atoms with Crippen molar-refractivity contribution in [2.24, 2.45) is 0 Å². The average molecular weight is 830 g/mol. The Morgan fingerprint density at radius 3 is 1.29 bits per heavy atom. The zero-order valence-electron chi connectivity index (χ0n) is 36.6. The molecule has 0 amide bonds. The highest BCUT2D eigenvalue weighted by Gasteiger charge is 2.53. The fourth-order valence-corrected chi connectivity index (χ4v) is 11.1. The molecule has 0 fully saturated rings. The van der Waals surface area contributed by atoms with Gasteiger partial charge in [0.2, 0.25) is 0 Å². The molecule has 10 aromatic rings. The first-order chi connectivity index (χ1) is 32.0. The Balaban J connectivity index is 1.03. The maximum atomic E-state index is 2.50. The molecule has 1 spiro atoms. The molecule has 10 aromatic carbocycles. The maximum Gasteiger partial charge on any atom is 0.0719 e. The van der Waals surface area contributed by atoms with Gasteiger partial charge in [-0.3, -0.25) is 0 Å². The van der Waals surface area contributed by atoms with Gasteiger partial charge in [-0.2, -0.15) is 0 Å². The van der Waals surface area contributed by atoms with Crippen LogP contribution in [-0.4, -0.2) is 0 Å². The zero-order chi connectivity index (χ0) is 43.5. The Kier molecular flexibility index (Phi) is 9.14. The highest BCUT2D eigenvalue weighted by molar-refractivity contribution is 5.92. The van der Waals surface area contributed by atoms with Crippen molar-refractivity contribution >= 4 is 17.1 Å². The van der Waals surface area contributed by atoms with Crippen LogP contribution in [0.5, 0.6) is 0 Å². The van der Waals surface area contributed by atoms with Gasteiger partial charge in [-0.15, -0.1) is 0 Å². The lowest BCUT2D eigenvalue weighted by molar-refractivity contribution is 0.563. The number of fused-ring (bicyclic) bond motifs is 9. The highest BCUT2D eigenvalue weighted by Crippen LogP contribution is 2.62. The van der Waals surface area contributed by atoms with E-state index < -0.39 is 5.41 Å². The molecule has 0 bridgehead atoms. The van der Waals surface area contributed by atoms with Crippen LogP contribution in [0.15, 0.2) is 249 Å². The van der Waals surface area contributed by atoms with E-state index in [-0.39, 0.29) is 5.41 Å². The maximum absolute atomic E-state index is 2.50. The van der Waals surface area contributed by atoms with E-state index in [1.807, 2.05) is 0 Å². The molecule has 0 saturated carbocycles. The second-order valence-corrected chi connectivity index (χ2v) is 18.0. The van der Waals surface area contributed by atoms with E-state index in [9.17, 15) is 0 Å². The molecule has 2 aliphatic rings. The van der Waals surface area contributed by atoms with E-state index in [1.165, 1.54) is 89.0 Å². The lowest BCUT2D eigenvalue weighted by atomic mass is 9.55. The minimum Gasteiger partial charge on any atom is -0.310 e. The van der Waals surface area contributed by atoms with Crippen LogP contribution in [0.4, 0.5) is 17.1 Å². The summed E-state index contributed by atoms with van der Waals surface area (Å²) in [5.74, 6) is 0. The van der Waals surface area contributed by atoms with E-state index in [0.29, 0.717) is 0 Å². The monoisotopic (exact) mass is 829 g/mol. The number of rotatable bonds is 7. The van der Waals surface area contributed by atoms with Gasteiger partial charge in [-0.25, -0.2) is 0 Å². The largest absolute Gasteiger partial charge is 0.310 e. The van der Waals surface area contributed by atoms with Crippen molar-refractivity contribution in [2.45, 2.75) is 24.7 Å². The van der Waals surface area contributed by atoms with Crippen LogP contribution >= 0.6 is 0 Å². The van der Waals surface area contributed by atoms with Crippen LogP contribution in [-0.2, 0) is 10.8 Å². The highest BCUT2D eigenvalue weighted by atomic mass is 15.1. The van der Waals surface area contributed by atoms with Gasteiger partial charge in [0.15, 0.2) is 0 Å². The van der Waals surface area contributed by atoms with Crippen LogP contribution in [0.1, 0.15) is 47.2 Å². The van der Waals surface area contributed by atoms with Gasteiger partial charge >= 0.3 is 0 Å². The molecule has 1 nitrogen and oxygen atoms in total. The molecule has 0 atom stereocenters. The first kappa shape index (κ1) is 38.7. The summed E-state index contributed by atoms with van der Waals surface area (Å²) in [5, 5.41) is 0. The molecule has 1 heteroatoms. The molecule has 2 aliphatic carbocycles. The van der Waals surface area contributed by atoms with E-state index in [1.54, 1.807) is 0 Å². The van der Waals surface area contributed by atoms with E-state index in [0.717, 1.165) is 17.1 Å². The van der Waals surface area contributed by atoms with Crippen LogP contribution in [0.2, 0.25) is 0 Å². The van der Waals surface area contributed by atoms with Crippen molar-refractivity contribution < 1.29 is 0 Å². The van der Waals surface area contributed by atoms with E-state index in [2.05, 4.69) is 267 Å². The number of nitrogens with zero attached hydrogens (tertiary/aromatic N) is 1. The fraction of sp³-hybridized carbons (Fsp3) is 0.0625. The van der Waals surface area contributed by atoms with Gasteiger partial charge < -0.3 is 4.90 Å². The Morgan fingerprint density at radius 2 is 0.677 bits per heavy atom. The van der Waals surface area contributed by atoms with Crippen molar-refractivity contribution in [1.29, 1.82) is 0 Å². The first-order valence-corrected chi connectivity index (χ1v) is 22.8. The Bertz CT molecular complexity index is 3370. The molecular weight excluding hydrogens is 783 g/mol. The molecule has 0 aliphatic heterocycles. The molecule has 12 rings (SSSR count). The van der Waals surface area contributed by atoms with Crippen LogP contribution < -0.4 is 4.90 Å². The number of hydrogen-bond acceptors (Lipinski definition) is 1. The number of para-hydroxylation sites is 1. The van der Waals surface area contributed by atoms with Crippen LogP contribution in [0, 0.1) is 0 Å². The summed E-state index contributed by atoms with van der Waals surface area (Å²) in [6, 6.07) is 91.9. The first-order valence-electron chi connectivity index (χ1n) is 22.8. The van der Waals surface area contributed by atoms with Crippen molar-refractivity contribution in [2.75, 3.05) is 4.90 Å². The quantitative estimate of drug-likeness (QED) is 0.155. The summed E-state index contributed by atoms with van der Waals surface area (Å²) in [6.45, 7) is 4.82. The van der Waals surface area contributed by atoms with Gasteiger partial charge in [0.05, 0.1) is 11.1 Å². The van der Waals surface area contributed by atoms with Crippen molar-refractivity contribution in [1.82, 2.24) is 0 Å². The minimum absolute atomic E-state index is 0.240. The third-order valence-electron chi connectivity index (χ3n) is 14.1. The van der Waals surface area contributed by atoms with Crippen LogP contribution in [0.3, 0.4) is 0 Å². The number of anilines is 3. The average Bonchev–Trinajstić information content (AvgIpc) is 3.67. The van der Waals surface area contributed by atoms with Crippen molar-refractivity contribution in [3.8, 4) is 55.6 Å². The minimum atomic E-state index is -0.418. The summed E-state index contributed by atoms with van der Waals surface area (Å²) in [4.78, 5) is 2.44. The molecule has 0 heterocycles. The molecule has 0 saturated heterocycles. The summed E-state index contributed by atoms with van der Waals surface area (Å²) >= 11 is 0. The second kappa shape index (κ2) is 15.4. The van der Waals surface area contributed by atoms with Crippen molar-refractivity contribution in [3.63, 3.8) is 0 Å². The Labute approximate surface area is 382 Å². The third-order valence-corrected chi connectivity index (χ3v) is 14.1. The predicted molar refractivity (Wildman–Crippen MR) is 272 cm³/mol. The van der Waals surface area contributed by atoms with Gasteiger partial charge in [0.25, 0.3) is 0 Å². The molecule has 308 valence electrons. The summed E-state index contributed by atoms with van der Waals surface area (Å²) < 4.78 is 0. The molecule has 0 unspecified atom stereocenters. The Morgan fingerprint density at radius 1 is 0.262 bits per heavy atom. The molecule has 0 aromatic heterocycles. The predicted octanol–water partition coefficient (Wildman–Crippen LogP) is 16.8. The van der Waals surface area contributed by atoms with Gasteiger partial charge in [0.1, 0.15) is 0 Å². The zero-order valence-corrected chi connectivity index (χ0v) is 36.6. The standard InChI is InChI=1S/C64H47N/c1-63(2)58-35-14-15-36-59(58)64(56-33-12-9-31-54(56)55-32-10-13-34-57(55)64)60-39-38-50(43-61(60)63)49-27-19-29-52(42-49)65(62-37-16-11-30-53(62)45-22-7-4-8-23-45)51-28-18-26-48(41-51)47-25-17-24-46(40-47)44-20-5-3-6-21-44/h3-43H,1-2H3. The summed E-state index contributed by atoms with van der Waals surface area (Å²) in [7, 11) is 0. The third kappa shape index (κ3) is 6.15. The normalized spacial score (nSPS) is 13.6. The van der Waals surface area contributed by atoms with Gasteiger partial charge in [-0.1, -0.05) is 220 Å². The smallest absolute Gasteiger partial charge is 0.0719 e. The van der Waals surface area contributed by atoms with Crippen molar-refractivity contribution in [3.05, 3.63) is 282 Å². The SMILES string of the molecule is CC1(C)c2ccccc2C2(c3ccccc3-c3ccccc32)c2ccc(-c3cccc(N(c4cccc(-c5cccc(-c6ccccc6)c5)c4)c4ccccc4-c4ccccc4)c3)cc21. The topological polar surface area (TPSA) is 3.24 Å². The van der Waals surface area contributed by atoms with Gasteiger partial charge in [0, 0.05) is 22.4 Å². The van der Waals surface area contributed by atoms with Gasteiger partial charge in [-0.05, 0) is 126 Å². The van der Waals surface area contributed by atoms with Crippen LogP contribution in [0.25, 0.3) is 55.6 Å². The lowest BCUT2D eigenvalue weighted by Crippen LogP contribution is -2.40. The molecule has 0 N–H and O–H groups in total. The van der Waals surface area contributed by atoms with E-state index >= 15 is 0 Å². The molecule has 0 radical (unpaired) electrons. The Hall–Kier alpha value is -8.00. The summed E-state index contributed by atoms with van der Waals surface area (Å²) in [6.07, 6.45) is 0. The molecular formula is C64H47N. The lowest BCUT2D eigenvalue weighted by Gasteiger charge is -2.46. The number of benzene rings is 10. The van der Waals surface area contributed by atoms with E-state index in [4.69, 9.17) is 0 Å². The fourth-order valence-electron chi connectivity index (χ4n) is 11.1. The number of hydrogen-bond donors (Lipinski definition) is 0. The molecule has 65 heavy (non-hydrogen) atoms. The summed E-state index contributed by atoms with van der Waals surface area (Å²) in [5.41, 5.74) is 23.0. The second-order valence-electron chi connectivity index (χ2n) is 18.0.